The van der Waals surface area contributed by atoms with Crippen LogP contribution in [0.1, 0.15) is 26.2 Å². The van der Waals surface area contributed by atoms with Crippen LogP contribution in [-0.4, -0.2) is 54.8 Å². The summed E-state index contributed by atoms with van der Waals surface area (Å²) in [6.45, 7) is 5.69. The molecule has 104 valence electrons. The van der Waals surface area contributed by atoms with Crippen molar-refractivity contribution in [2.24, 2.45) is 10.4 Å². The molecule has 2 heterocycles. The fourth-order valence-corrected chi connectivity index (χ4v) is 2.99. The number of nitrogens with zero attached hydrogens (tertiary/aromatic N) is 2. The van der Waals surface area contributed by atoms with Crippen LogP contribution in [0.3, 0.4) is 0 Å². The number of aliphatic imine (C=N–C) groups is 1. The van der Waals surface area contributed by atoms with Gasteiger partial charge in [0, 0.05) is 26.2 Å². The molecule has 3 rings (SSSR count). The number of rotatable bonds is 2. The number of amides is 2. The van der Waals surface area contributed by atoms with Crippen molar-refractivity contribution in [3.05, 3.63) is 0 Å². The molecule has 1 saturated heterocycles. The summed E-state index contributed by atoms with van der Waals surface area (Å²) in [5.41, 5.74) is -0.827. The molecule has 0 aromatic heterocycles. The van der Waals surface area contributed by atoms with Crippen LogP contribution in [0.2, 0.25) is 0 Å². The van der Waals surface area contributed by atoms with E-state index in [9.17, 15) is 9.59 Å². The molecule has 1 aliphatic carbocycles. The summed E-state index contributed by atoms with van der Waals surface area (Å²) in [7, 11) is 0. The lowest BCUT2D eigenvalue weighted by Gasteiger charge is -2.41. The van der Waals surface area contributed by atoms with E-state index in [4.69, 9.17) is 0 Å². The third kappa shape index (κ3) is 1.99. The lowest BCUT2D eigenvalue weighted by molar-refractivity contribution is -0.147. The van der Waals surface area contributed by atoms with Gasteiger partial charge in [-0.2, -0.15) is 4.99 Å². The molecule has 19 heavy (non-hydrogen) atoms. The second-order valence-electron chi connectivity index (χ2n) is 5.65. The fourth-order valence-electron chi connectivity index (χ4n) is 2.99. The monoisotopic (exact) mass is 264 g/mol. The number of hydrogen-bond acceptors (Lipinski definition) is 4. The summed E-state index contributed by atoms with van der Waals surface area (Å²) in [4.78, 5) is 30.7. The van der Waals surface area contributed by atoms with Gasteiger partial charge in [-0.1, -0.05) is 6.42 Å². The molecule has 0 aromatic carbocycles. The number of hydrogen-bond donors (Lipinski definition) is 2. The van der Waals surface area contributed by atoms with Crippen LogP contribution >= 0.6 is 0 Å². The first kappa shape index (κ1) is 12.7. The number of nitrogens with one attached hydrogen (secondary N) is 2. The van der Waals surface area contributed by atoms with Crippen molar-refractivity contribution in [1.82, 2.24) is 15.5 Å². The summed E-state index contributed by atoms with van der Waals surface area (Å²) >= 11 is 0. The van der Waals surface area contributed by atoms with Gasteiger partial charge < -0.3 is 10.6 Å². The van der Waals surface area contributed by atoms with Gasteiger partial charge in [0.1, 0.15) is 11.3 Å². The minimum Gasteiger partial charge on any atom is -0.314 e. The van der Waals surface area contributed by atoms with Crippen LogP contribution < -0.4 is 10.6 Å². The van der Waals surface area contributed by atoms with Crippen LogP contribution in [0.15, 0.2) is 4.99 Å². The molecular formula is C13H20N4O2. The van der Waals surface area contributed by atoms with Crippen molar-refractivity contribution in [3.63, 3.8) is 0 Å². The first-order chi connectivity index (χ1) is 9.13. The van der Waals surface area contributed by atoms with Crippen molar-refractivity contribution in [3.8, 4) is 0 Å². The van der Waals surface area contributed by atoms with Crippen molar-refractivity contribution >= 4 is 17.6 Å². The van der Waals surface area contributed by atoms with E-state index >= 15 is 0 Å². The molecule has 0 bridgehead atoms. The number of carbonyl (C=O) groups is 2. The van der Waals surface area contributed by atoms with Gasteiger partial charge in [-0.15, -0.1) is 0 Å². The molecule has 2 N–H and O–H groups in total. The smallest absolute Gasteiger partial charge is 0.263 e. The average molecular weight is 264 g/mol. The lowest BCUT2D eigenvalue weighted by Crippen LogP contribution is -2.61. The maximum Gasteiger partial charge on any atom is 0.263 e. The molecule has 1 unspecified atom stereocenters. The van der Waals surface area contributed by atoms with E-state index in [1.54, 1.807) is 0 Å². The van der Waals surface area contributed by atoms with E-state index in [-0.39, 0.29) is 17.9 Å². The maximum absolute atomic E-state index is 12.2. The highest BCUT2D eigenvalue weighted by molar-refractivity contribution is 6.20. The molecule has 2 amide bonds. The highest BCUT2D eigenvalue weighted by Gasteiger charge is 2.53. The third-order valence-electron chi connectivity index (χ3n) is 4.61. The summed E-state index contributed by atoms with van der Waals surface area (Å²) in [5, 5.41) is 6.15. The summed E-state index contributed by atoms with van der Waals surface area (Å²) in [5.74, 6) is 0.143. The van der Waals surface area contributed by atoms with E-state index in [1.165, 1.54) is 0 Å². The molecular weight excluding hydrogens is 244 g/mol. The average Bonchev–Trinajstić information content (AvgIpc) is 2.36. The summed E-state index contributed by atoms with van der Waals surface area (Å²) < 4.78 is 0. The Morgan fingerprint density at radius 2 is 1.95 bits per heavy atom. The fraction of sp³-hybridized carbons (Fsp3) is 0.769. The van der Waals surface area contributed by atoms with E-state index in [0.29, 0.717) is 18.7 Å². The van der Waals surface area contributed by atoms with Crippen LogP contribution in [0.5, 0.6) is 0 Å². The molecule has 0 aromatic rings. The number of amidine groups is 1. The second kappa shape index (κ2) is 4.68. The lowest BCUT2D eigenvalue weighted by atomic mass is 9.67. The molecule has 1 saturated carbocycles. The minimum atomic E-state index is -0.827. The Hall–Kier alpha value is -1.27. The molecule has 0 radical (unpaired) electrons. The molecule has 3 aliphatic rings. The molecule has 6 heteroatoms. The molecule has 6 nitrogen and oxygen atoms in total. The topological polar surface area (TPSA) is 73.8 Å². The van der Waals surface area contributed by atoms with Crippen LogP contribution in [-0.2, 0) is 9.59 Å². The van der Waals surface area contributed by atoms with Gasteiger partial charge in [-0.3, -0.25) is 14.5 Å². The van der Waals surface area contributed by atoms with E-state index in [0.717, 1.165) is 32.6 Å². The van der Waals surface area contributed by atoms with Crippen molar-refractivity contribution in [1.29, 1.82) is 0 Å². The summed E-state index contributed by atoms with van der Waals surface area (Å²) in [6.07, 6.45) is 2.24. The quantitative estimate of drug-likeness (QED) is 0.660. The normalized spacial score (nSPS) is 28.6. The van der Waals surface area contributed by atoms with Crippen molar-refractivity contribution in [2.45, 2.75) is 32.2 Å². The zero-order valence-corrected chi connectivity index (χ0v) is 11.2. The summed E-state index contributed by atoms with van der Waals surface area (Å²) in [6, 6.07) is -0.00701. The Balaban J connectivity index is 1.76. The zero-order valence-electron chi connectivity index (χ0n) is 11.2. The van der Waals surface area contributed by atoms with Gasteiger partial charge in [0.25, 0.3) is 5.91 Å². The van der Waals surface area contributed by atoms with E-state index in [2.05, 4.69) is 20.5 Å². The van der Waals surface area contributed by atoms with Crippen molar-refractivity contribution < 1.29 is 9.59 Å². The Morgan fingerprint density at radius 3 is 2.47 bits per heavy atom. The predicted octanol–water partition coefficient (Wildman–Crippen LogP) is -0.495. The van der Waals surface area contributed by atoms with Crippen LogP contribution in [0, 0.1) is 5.41 Å². The van der Waals surface area contributed by atoms with Gasteiger partial charge in [0.15, 0.2) is 0 Å². The van der Waals surface area contributed by atoms with Gasteiger partial charge >= 0.3 is 0 Å². The van der Waals surface area contributed by atoms with E-state index < -0.39 is 5.41 Å². The first-order valence-corrected chi connectivity index (χ1v) is 7.03. The molecule has 1 spiro atoms. The second-order valence-corrected chi connectivity index (χ2v) is 5.65. The predicted molar refractivity (Wildman–Crippen MR) is 70.8 cm³/mol. The highest BCUT2D eigenvalue weighted by Crippen LogP contribution is 2.43. The molecule has 2 aliphatic heterocycles. The Labute approximate surface area is 112 Å². The Kier molecular flexibility index (Phi) is 3.14. The molecule has 1 atom stereocenters. The number of carbonyl (C=O) groups excluding carboxylic acids is 2. The Bertz CT molecular complexity index is 436. The molecule has 2 fully saturated rings. The van der Waals surface area contributed by atoms with Gasteiger partial charge in [-0.05, 0) is 19.8 Å². The van der Waals surface area contributed by atoms with Crippen molar-refractivity contribution in [2.75, 3.05) is 26.2 Å². The first-order valence-electron chi connectivity index (χ1n) is 7.03. The number of piperazine rings is 1. The van der Waals surface area contributed by atoms with E-state index in [1.807, 2.05) is 6.92 Å². The maximum atomic E-state index is 12.2. The Morgan fingerprint density at radius 1 is 1.26 bits per heavy atom. The third-order valence-corrected chi connectivity index (χ3v) is 4.61. The zero-order chi connectivity index (χ0) is 13.5. The van der Waals surface area contributed by atoms with Gasteiger partial charge in [0.05, 0.1) is 6.04 Å². The largest absolute Gasteiger partial charge is 0.314 e. The van der Waals surface area contributed by atoms with Gasteiger partial charge in [0.2, 0.25) is 5.91 Å². The highest BCUT2D eigenvalue weighted by atomic mass is 16.2. The van der Waals surface area contributed by atoms with Crippen LogP contribution in [0.4, 0.5) is 0 Å². The SMILES string of the molecule is CC(C1=NC(=O)C2(CCC2)C(=O)N1)N1CCNCC1. The standard InChI is InChI=1S/C13H20N4O2/c1-9(17-7-5-14-6-8-17)10-15-11(18)13(3-2-4-13)12(19)16-10/h9,14H,2-8H2,1H3,(H,15,16,18,19). The van der Waals surface area contributed by atoms with Gasteiger partial charge in [-0.25, -0.2) is 0 Å². The minimum absolute atomic E-state index is 0.00701. The van der Waals surface area contributed by atoms with Crippen LogP contribution in [0.25, 0.3) is 0 Å².